The first kappa shape index (κ1) is 15.7. The van der Waals surface area contributed by atoms with Crippen LogP contribution in [0.1, 0.15) is 12.6 Å². The third kappa shape index (κ3) is 2.87. The van der Waals surface area contributed by atoms with Gasteiger partial charge in [-0.1, -0.05) is 18.2 Å². The maximum absolute atomic E-state index is 13.9. The number of alkyl halides is 1. The Morgan fingerprint density at radius 1 is 1.32 bits per heavy atom. The number of imidazole rings is 1. The monoisotopic (exact) mass is 344 g/mol. The van der Waals surface area contributed by atoms with Crippen molar-refractivity contribution >= 4 is 28.6 Å². The van der Waals surface area contributed by atoms with Gasteiger partial charge in [-0.15, -0.1) is 0 Å². The summed E-state index contributed by atoms with van der Waals surface area (Å²) in [7, 11) is 0. The van der Waals surface area contributed by atoms with Gasteiger partial charge in [0, 0.05) is 12.1 Å². The smallest absolute Gasteiger partial charge is 0.224 e. The quantitative estimate of drug-likeness (QED) is 0.661. The summed E-state index contributed by atoms with van der Waals surface area (Å²) in [5, 5.41) is 12.3. The normalized spacial score (nSPS) is 23.2. The van der Waals surface area contributed by atoms with Crippen LogP contribution in [0, 0.1) is 0 Å². The van der Waals surface area contributed by atoms with E-state index in [-0.39, 0.29) is 19.0 Å². The standard InChI is InChI=1S/C16H17FN6O2/c17-10-6-12(25-11(10)7-24)23-8-19-13-14(21-16(18)22-15(13)23)20-9-4-2-1-3-5-9/h1-5,8,10-12,24H,6-7H2,(H3,18,20,21,22)/t10-,11+,12+/m0/s1. The van der Waals surface area contributed by atoms with Crippen molar-refractivity contribution in [2.75, 3.05) is 17.7 Å². The van der Waals surface area contributed by atoms with Crippen molar-refractivity contribution in [3.63, 3.8) is 0 Å². The molecular formula is C16H17FN6O2. The first-order valence-corrected chi connectivity index (χ1v) is 7.88. The summed E-state index contributed by atoms with van der Waals surface area (Å²) in [5.41, 5.74) is 7.61. The van der Waals surface area contributed by atoms with Gasteiger partial charge in [0.15, 0.2) is 17.0 Å². The molecule has 0 aliphatic carbocycles. The molecular weight excluding hydrogens is 327 g/mol. The zero-order chi connectivity index (χ0) is 17.4. The minimum absolute atomic E-state index is 0.0705. The van der Waals surface area contributed by atoms with Crippen molar-refractivity contribution in [3.8, 4) is 0 Å². The summed E-state index contributed by atoms with van der Waals surface area (Å²) in [6.45, 7) is -0.373. The zero-order valence-corrected chi connectivity index (χ0v) is 13.2. The van der Waals surface area contributed by atoms with Crippen LogP contribution in [-0.4, -0.2) is 43.5 Å². The highest BCUT2D eigenvalue weighted by Gasteiger charge is 2.36. The van der Waals surface area contributed by atoms with E-state index in [1.54, 1.807) is 4.57 Å². The van der Waals surface area contributed by atoms with Crippen LogP contribution < -0.4 is 11.1 Å². The Hall–Kier alpha value is -2.78. The molecule has 1 saturated heterocycles. The number of fused-ring (bicyclic) bond motifs is 1. The van der Waals surface area contributed by atoms with Gasteiger partial charge < -0.3 is 20.9 Å². The van der Waals surface area contributed by atoms with Gasteiger partial charge in [-0.05, 0) is 12.1 Å². The van der Waals surface area contributed by atoms with E-state index in [1.165, 1.54) is 6.33 Å². The molecule has 1 aliphatic heterocycles. The fourth-order valence-corrected chi connectivity index (χ4v) is 2.91. The van der Waals surface area contributed by atoms with Crippen molar-refractivity contribution in [1.29, 1.82) is 0 Å². The summed E-state index contributed by atoms with van der Waals surface area (Å²) < 4.78 is 21.1. The topological polar surface area (TPSA) is 111 Å². The average Bonchev–Trinajstić information content (AvgIpc) is 3.18. The molecule has 3 atom stereocenters. The van der Waals surface area contributed by atoms with E-state index in [9.17, 15) is 9.50 Å². The van der Waals surface area contributed by atoms with Crippen LogP contribution in [-0.2, 0) is 4.74 Å². The Morgan fingerprint density at radius 2 is 2.12 bits per heavy atom. The van der Waals surface area contributed by atoms with Crippen molar-refractivity contribution < 1.29 is 14.2 Å². The molecule has 0 amide bonds. The number of para-hydroxylation sites is 1. The lowest BCUT2D eigenvalue weighted by atomic mass is 10.2. The SMILES string of the molecule is Nc1nc(Nc2ccccc2)c2ncn([C@H]3C[C@H](F)[C@@H](CO)O3)c2n1. The highest BCUT2D eigenvalue weighted by atomic mass is 19.1. The Kier molecular flexibility index (Phi) is 3.94. The Balaban J connectivity index is 1.72. The van der Waals surface area contributed by atoms with Gasteiger partial charge in [0.05, 0.1) is 12.9 Å². The molecule has 0 bridgehead atoms. The maximum atomic E-state index is 13.9. The van der Waals surface area contributed by atoms with Crippen molar-refractivity contribution in [2.45, 2.75) is 24.9 Å². The molecule has 0 radical (unpaired) electrons. The third-order valence-corrected chi connectivity index (χ3v) is 4.13. The van der Waals surface area contributed by atoms with E-state index in [0.717, 1.165) is 5.69 Å². The second kappa shape index (κ2) is 6.26. The summed E-state index contributed by atoms with van der Waals surface area (Å²) in [6.07, 6.45) is -1.05. The molecule has 1 fully saturated rings. The number of halogens is 1. The minimum Gasteiger partial charge on any atom is -0.394 e. The van der Waals surface area contributed by atoms with Crippen molar-refractivity contribution in [3.05, 3.63) is 36.7 Å². The predicted octanol–water partition coefficient (Wildman–Crippen LogP) is 1.77. The van der Waals surface area contributed by atoms with Crippen LogP contribution in [0.25, 0.3) is 11.2 Å². The number of aliphatic hydroxyl groups is 1. The van der Waals surface area contributed by atoms with Gasteiger partial charge in [0.2, 0.25) is 5.95 Å². The summed E-state index contributed by atoms with van der Waals surface area (Å²) >= 11 is 0. The molecule has 1 aromatic carbocycles. The number of rotatable bonds is 4. The Labute approximate surface area is 142 Å². The van der Waals surface area contributed by atoms with Gasteiger partial charge >= 0.3 is 0 Å². The number of nitrogens with zero attached hydrogens (tertiary/aromatic N) is 4. The molecule has 2 aromatic heterocycles. The van der Waals surface area contributed by atoms with E-state index in [4.69, 9.17) is 10.5 Å². The zero-order valence-electron chi connectivity index (χ0n) is 13.2. The fourth-order valence-electron chi connectivity index (χ4n) is 2.91. The van der Waals surface area contributed by atoms with Gasteiger partial charge in [-0.25, -0.2) is 9.37 Å². The van der Waals surface area contributed by atoms with Crippen LogP contribution in [0.15, 0.2) is 36.7 Å². The lowest BCUT2D eigenvalue weighted by Gasteiger charge is -2.14. The Bertz CT molecular complexity index is 887. The number of hydrogen-bond acceptors (Lipinski definition) is 7. The third-order valence-electron chi connectivity index (χ3n) is 4.13. The molecule has 4 N–H and O–H groups in total. The second-order valence-corrected chi connectivity index (χ2v) is 5.81. The van der Waals surface area contributed by atoms with Crippen LogP contribution in [0.4, 0.5) is 21.8 Å². The number of hydrogen-bond donors (Lipinski definition) is 3. The van der Waals surface area contributed by atoms with Gasteiger partial charge in [0.1, 0.15) is 18.5 Å². The largest absolute Gasteiger partial charge is 0.394 e. The first-order chi connectivity index (χ1) is 12.2. The minimum atomic E-state index is -1.24. The van der Waals surface area contributed by atoms with E-state index < -0.39 is 18.5 Å². The number of benzene rings is 1. The number of aliphatic hydroxyl groups excluding tert-OH is 1. The molecule has 3 aromatic rings. The van der Waals surface area contributed by atoms with Crippen molar-refractivity contribution in [2.24, 2.45) is 0 Å². The highest BCUT2D eigenvalue weighted by molar-refractivity contribution is 5.86. The average molecular weight is 344 g/mol. The highest BCUT2D eigenvalue weighted by Crippen LogP contribution is 2.33. The summed E-state index contributed by atoms with van der Waals surface area (Å²) in [6, 6.07) is 9.48. The summed E-state index contributed by atoms with van der Waals surface area (Å²) in [5.74, 6) is 0.530. The van der Waals surface area contributed by atoms with Gasteiger partial charge in [-0.2, -0.15) is 9.97 Å². The fraction of sp³-hybridized carbons (Fsp3) is 0.312. The van der Waals surface area contributed by atoms with Crippen LogP contribution >= 0.6 is 0 Å². The lowest BCUT2D eigenvalue weighted by Crippen LogP contribution is -2.21. The number of ether oxygens (including phenoxy) is 1. The molecule has 25 heavy (non-hydrogen) atoms. The van der Waals surface area contributed by atoms with E-state index in [0.29, 0.717) is 17.0 Å². The maximum Gasteiger partial charge on any atom is 0.224 e. The number of aromatic nitrogens is 4. The molecule has 0 spiro atoms. The molecule has 3 heterocycles. The van der Waals surface area contributed by atoms with E-state index in [2.05, 4.69) is 20.3 Å². The van der Waals surface area contributed by atoms with Crippen LogP contribution in [0.5, 0.6) is 0 Å². The van der Waals surface area contributed by atoms with Crippen LogP contribution in [0.2, 0.25) is 0 Å². The van der Waals surface area contributed by atoms with Gasteiger partial charge in [-0.3, -0.25) is 4.57 Å². The number of nitrogens with two attached hydrogens (primary N) is 1. The molecule has 4 rings (SSSR count). The molecule has 0 saturated carbocycles. The lowest BCUT2D eigenvalue weighted by molar-refractivity contribution is -0.0323. The van der Waals surface area contributed by atoms with Crippen molar-refractivity contribution in [1.82, 2.24) is 19.5 Å². The molecule has 1 aliphatic rings. The van der Waals surface area contributed by atoms with Gasteiger partial charge in [0.25, 0.3) is 0 Å². The summed E-state index contributed by atoms with van der Waals surface area (Å²) in [4.78, 5) is 12.8. The first-order valence-electron chi connectivity index (χ1n) is 7.88. The number of anilines is 3. The Morgan fingerprint density at radius 3 is 2.84 bits per heavy atom. The van der Waals surface area contributed by atoms with Crippen LogP contribution in [0.3, 0.4) is 0 Å². The molecule has 9 heteroatoms. The number of nitrogens with one attached hydrogen (secondary N) is 1. The molecule has 0 unspecified atom stereocenters. The second-order valence-electron chi connectivity index (χ2n) is 5.81. The van der Waals surface area contributed by atoms with E-state index >= 15 is 0 Å². The molecule has 130 valence electrons. The molecule has 8 nitrogen and oxygen atoms in total. The van der Waals surface area contributed by atoms with E-state index in [1.807, 2.05) is 30.3 Å². The number of nitrogen functional groups attached to an aromatic ring is 1. The predicted molar refractivity (Wildman–Crippen MR) is 90.0 cm³/mol.